The van der Waals surface area contributed by atoms with Crippen LogP contribution in [-0.2, 0) is 4.79 Å². The molecule has 0 saturated heterocycles. The Labute approximate surface area is 157 Å². The summed E-state index contributed by atoms with van der Waals surface area (Å²) >= 11 is 1.63. The van der Waals surface area contributed by atoms with Crippen molar-refractivity contribution < 1.29 is 14.3 Å². The zero-order chi connectivity index (χ0) is 18.2. The normalized spacial score (nSPS) is 10.8. The van der Waals surface area contributed by atoms with Gasteiger partial charge in [0, 0.05) is 15.8 Å². The van der Waals surface area contributed by atoms with Crippen LogP contribution in [-0.4, -0.2) is 12.6 Å². The Morgan fingerprint density at radius 1 is 0.962 bits per heavy atom. The number of hydrogen-bond donors (Lipinski definition) is 0. The van der Waals surface area contributed by atoms with Crippen molar-refractivity contribution in [3.8, 4) is 21.9 Å². The minimum atomic E-state index is -0.401. The first-order valence-electron chi connectivity index (χ1n) is 8.52. The summed E-state index contributed by atoms with van der Waals surface area (Å²) in [6, 6.07) is 21.3. The first kappa shape index (κ1) is 18.0. The number of carbonyl (C=O) groups excluding carboxylic acids is 1. The second kappa shape index (κ2) is 9.02. The quantitative estimate of drug-likeness (QED) is 0.301. The van der Waals surface area contributed by atoms with Crippen molar-refractivity contribution in [2.24, 2.45) is 0 Å². The van der Waals surface area contributed by atoms with E-state index in [9.17, 15) is 4.79 Å². The number of carbonyl (C=O) groups is 1. The zero-order valence-electron chi connectivity index (χ0n) is 14.6. The summed E-state index contributed by atoms with van der Waals surface area (Å²) < 4.78 is 10.8. The highest BCUT2D eigenvalue weighted by atomic mass is 32.1. The molecular formula is C22H20O3S. The van der Waals surface area contributed by atoms with Crippen LogP contribution in [0.2, 0.25) is 0 Å². The number of hydrogen-bond acceptors (Lipinski definition) is 4. The first-order chi connectivity index (χ1) is 12.7. The molecule has 132 valence electrons. The van der Waals surface area contributed by atoms with Crippen LogP contribution in [0, 0.1) is 0 Å². The van der Waals surface area contributed by atoms with Gasteiger partial charge in [-0.3, -0.25) is 0 Å². The van der Waals surface area contributed by atoms with Crippen molar-refractivity contribution in [2.75, 3.05) is 6.61 Å². The predicted octanol–water partition coefficient (Wildman–Crippen LogP) is 5.82. The number of rotatable bonds is 7. The Balaban J connectivity index is 1.57. The lowest BCUT2D eigenvalue weighted by atomic mass is 10.2. The van der Waals surface area contributed by atoms with Crippen molar-refractivity contribution in [3.63, 3.8) is 0 Å². The van der Waals surface area contributed by atoms with Gasteiger partial charge in [-0.05, 0) is 54.5 Å². The van der Waals surface area contributed by atoms with Crippen LogP contribution in [0.15, 0.2) is 72.8 Å². The standard InChI is InChI=1S/C22H20O3S/c1-2-16-24-18-8-10-19(11-9-18)25-22(23)15-13-20-12-14-21(26-20)17-6-4-3-5-7-17/h3-15H,2,16H2,1H3/b15-13+. The lowest BCUT2D eigenvalue weighted by Gasteiger charge is -2.05. The summed E-state index contributed by atoms with van der Waals surface area (Å²) in [4.78, 5) is 14.2. The van der Waals surface area contributed by atoms with E-state index >= 15 is 0 Å². The molecule has 0 aliphatic carbocycles. The fourth-order valence-electron chi connectivity index (χ4n) is 2.32. The Kier molecular flexibility index (Phi) is 6.23. The molecule has 0 atom stereocenters. The summed E-state index contributed by atoms with van der Waals surface area (Å²) in [5.74, 6) is 0.871. The second-order valence-corrected chi connectivity index (χ2v) is 6.76. The Bertz CT molecular complexity index is 864. The SMILES string of the molecule is CCCOc1ccc(OC(=O)/C=C/c2ccc(-c3ccccc3)s2)cc1. The average molecular weight is 364 g/mol. The molecule has 1 heterocycles. The lowest BCUT2D eigenvalue weighted by Crippen LogP contribution is -2.03. The Morgan fingerprint density at radius 3 is 2.42 bits per heavy atom. The van der Waals surface area contributed by atoms with Crippen molar-refractivity contribution in [3.05, 3.63) is 77.7 Å². The van der Waals surface area contributed by atoms with Gasteiger partial charge >= 0.3 is 5.97 Å². The van der Waals surface area contributed by atoms with Crippen LogP contribution in [0.25, 0.3) is 16.5 Å². The lowest BCUT2D eigenvalue weighted by molar-refractivity contribution is -0.128. The maximum Gasteiger partial charge on any atom is 0.336 e. The largest absolute Gasteiger partial charge is 0.494 e. The molecule has 3 nitrogen and oxygen atoms in total. The van der Waals surface area contributed by atoms with Crippen LogP contribution in [0.4, 0.5) is 0 Å². The third-order valence-corrected chi connectivity index (χ3v) is 4.68. The molecule has 26 heavy (non-hydrogen) atoms. The van der Waals surface area contributed by atoms with Gasteiger partial charge in [0.15, 0.2) is 0 Å². The summed E-state index contributed by atoms with van der Waals surface area (Å²) in [5.41, 5.74) is 1.17. The van der Waals surface area contributed by atoms with E-state index in [2.05, 4.69) is 25.1 Å². The Hall–Kier alpha value is -2.85. The van der Waals surface area contributed by atoms with E-state index in [0.717, 1.165) is 17.0 Å². The average Bonchev–Trinajstić information content (AvgIpc) is 3.16. The molecule has 0 unspecified atom stereocenters. The molecule has 0 saturated carbocycles. The van der Waals surface area contributed by atoms with Crippen LogP contribution >= 0.6 is 11.3 Å². The highest BCUT2D eigenvalue weighted by Crippen LogP contribution is 2.28. The summed E-state index contributed by atoms with van der Waals surface area (Å²) in [7, 11) is 0. The molecule has 0 amide bonds. The van der Waals surface area contributed by atoms with E-state index in [0.29, 0.717) is 12.4 Å². The third-order valence-electron chi connectivity index (χ3n) is 3.58. The minimum Gasteiger partial charge on any atom is -0.494 e. The third kappa shape index (κ3) is 5.07. The fraction of sp³-hybridized carbons (Fsp3) is 0.136. The van der Waals surface area contributed by atoms with Crippen LogP contribution < -0.4 is 9.47 Å². The molecule has 0 N–H and O–H groups in total. The van der Waals surface area contributed by atoms with Crippen molar-refractivity contribution >= 4 is 23.4 Å². The molecule has 0 spiro atoms. The summed E-state index contributed by atoms with van der Waals surface area (Å²) in [6.45, 7) is 2.73. The van der Waals surface area contributed by atoms with E-state index < -0.39 is 5.97 Å². The molecule has 0 bridgehead atoms. The molecule has 0 aliphatic heterocycles. The van der Waals surface area contributed by atoms with Gasteiger partial charge in [-0.1, -0.05) is 37.3 Å². The molecule has 3 aromatic rings. The van der Waals surface area contributed by atoms with E-state index in [1.807, 2.05) is 24.3 Å². The molecule has 0 fully saturated rings. The van der Waals surface area contributed by atoms with Gasteiger partial charge in [0.05, 0.1) is 6.61 Å². The molecule has 3 rings (SSSR count). The van der Waals surface area contributed by atoms with Gasteiger partial charge in [-0.25, -0.2) is 4.79 Å². The smallest absolute Gasteiger partial charge is 0.336 e. The van der Waals surface area contributed by atoms with Gasteiger partial charge in [0.2, 0.25) is 0 Å². The predicted molar refractivity (Wildman–Crippen MR) is 107 cm³/mol. The van der Waals surface area contributed by atoms with E-state index in [1.165, 1.54) is 16.5 Å². The highest BCUT2D eigenvalue weighted by molar-refractivity contribution is 7.16. The second-order valence-electron chi connectivity index (χ2n) is 5.64. The van der Waals surface area contributed by atoms with Crippen LogP contribution in [0.3, 0.4) is 0 Å². The molecule has 4 heteroatoms. The number of ether oxygens (including phenoxy) is 2. The molecule has 1 aromatic heterocycles. The van der Waals surface area contributed by atoms with Gasteiger partial charge in [0.25, 0.3) is 0 Å². The topological polar surface area (TPSA) is 35.5 Å². The number of benzene rings is 2. The Morgan fingerprint density at radius 2 is 1.69 bits per heavy atom. The highest BCUT2D eigenvalue weighted by Gasteiger charge is 2.03. The molecular weight excluding hydrogens is 344 g/mol. The minimum absolute atomic E-state index is 0.401. The van der Waals surface area contributed by atoms with E-state index in [1.54, 1.807) is 41.7 Å². The van der Waals surface area contributed by atoms with Gasteiger partial charge in [-0.15, -0.1) is 11.3 Å². The monoisotopic (exact) mass is 364 g/mol. The van der Waals surface area contributed by atoms with Crippen LogP contribution in [0.1, 0.15) is 18.2 Å². The zero-order valence-corrected chi connectivity index (χ0v) is 15.4. The van der Waals surface area contributed by atoms with Gasteiger partial charge in [0.1, 0.15) is 11.5 Å². The number of esters is 1. The number of thiophene rings is 1. The first-order valence-corrected chi connectivity index (χ1v) is 9.34. The van der Waals surface area contributed by atoms with E-state index in [4.69, 9.17) is 9.47 Å². The maximum absolute atomic E-state index is 12.0. The fourth-order valence-corrected chi connectivity index (χ4v) is 3.24. The summed E-state index contributed by atoms with van der Waals surface area (Å²) in [5, 5.41) is 0. The van der Waals surface area contributed by atoms with Crippen molar-refractivity contribution in [1.29, 1.82) is 0 Å². The summed E-state index contributed by atoms with van der Waals surface area (Å²) in [6.07, 6.45) is 4.18. The molecule has 0 aliphatic rings. The van der Waals surface area contributed by atoms with Gasteiger partial charge in [-0.2, -0.15) is 0 Å². The van der Waals surface area contributed by atoms with Crippen LogP contribution in [0.5, 0.6) is 11.5 Å². The van der Waals surface area contributed by atoms with Crippen molar-refractivity contribution in [2.45, 2.75) is 13.3 Å². The molecule has 2 aromatic carbocycles. The molecule has 0 radical (unpaired) electrons. The maximum atomic E-state index is 12.0. The van der Waals surface area contributed by atoms with E-state index in [-0.39, 0.29) is 0 Å². The van der Waals surface area contributed by atoms with Gasteiger partial charge < -0.3 is 9.47 Å². The van der Waals surface area contributed by atoms with Crippen molar-refractivity contribution in [1.82, 2.24) is 0 Å².